The van der Waals surface area contributed by atoms with Crippen molar-refractivity contribution >= 4 is 28.9 Å². The highest BCUT2D eigenvalue weighted by Crippen LogP contribution is 2.27. The number of hydrogen-bond acceptors (Lipinski definition) is 4. The Hall–Kier alpha value is -2.44. The summed E-state index contributed by atoms with van der Waals surface area (Å²) in [5.74, 6) is -0.305. The van der Waals surface area contributed by atoms with Crippen LogP contribution in [-0.2, 0) is 11.3 Å². The van der Waals surface area contributed by atoms with E-state index in [4.69, 9.17) is 11.6 Å². The normalized spacial score (nSPS) is 10.7. The molecule has 2 aromatic rings. The van der Waals surface area contributed by atoms with Gasteiger partial charge in [0, 0.05) is 17.6 Å². The number of nitro benzene ring substituents is 1. The Balaban J connectivity index is 2.06. The van der Waals surface area contributed by atoms with Crippen molar-refractivity contribution in [2.24, 2.45) is 0 Å². The Bertz CT molecular complexity index is 780. The average molecular weight is 362 g/mol. The zero-order valence-electron chi connectivity index (χ0n) is 14.2. The Kier molecular flexibility index (Phi) is 6.50. The molecule has 0 unspecified atom stereocenters. The van der Waals surface area contributed by atoms with Crippen molar-refractivity contribution in [3.63, 3.8) is 0 Å². The van der Waals surface area contributed by atoms with Crippen molar-refractivity contribution < 1.29 is 9.72 Å². The van der Waals surface area contributed by atoms with Crippen LogP contribution in [0.1, 0.15) is 18.1 Å². The molecule has 7 heteroatoms. The fraction of sp³-hybridized carbons (Fsp3) is 0.278. The zero-order valence-corrected chi connectivity index (χ0v) is 14.9. The number of benzene rings is 2. The predicted molar refractivity (Wildman–Crippen MR) is 98.9 cm³/mol. The van der Waals surface area contributed by atoms with Gasteiger partial charge in [-0.25, -0.2) is 0 Å². The Morgan fingerprint density at radius 2 is 2.00 bits per heavy atom. The quantitative estimate of drug-likeness (QED) is 0.597. The van der Waals surface area contributed by atoms with E-state index >= 15 is 0 Å². The lowest BCUT2D eigenvalue weighted by molar-refractivity contribution is -0.383. The topological polar surface area (TPSA) is 75.5 Å². The maximum atomic E-state index is 12.3. The second-order valence-corrected chi connectivity index (χ2v) is 6.13. The summed E-state index contributed by atoms with van der Waals surface area (Å²) in [7, 11) is 0. The lowest BCUT2D eigenvalue weighted by Gasteiger charge is -2.21. The van der Waals surface area contributed by atoms with Gasteiger partial charge in [-0.05, 0) is 36.7 Å². The Morgan fingerprint density at radius 1 is 1.28 bits per heavy atom. The molecule has 1 N–H and O–H groups in total. The minimum absolute atomic E-state index is 0.143. The lowest BCUT2D eigenvalue weighted by atomic mass is 10.1. The number of anilines is 1. The number of nitrogens with zero attached hydrogens (tertiary/aromatic N) is 2. The number of nitrogens with one attached hydrogen (secondary N) is 1. The van der Waals surface area contributed by atoms with Gasteiger partial charge in [0.15, 0.2) is 0 Å². The van der Waals surface area contributed by atoms with Gasteiger partial charge in [-0.15, -0.1) is 0 Å². The molecule has 0 saturated carbocycles. The van der Waals surface area contributed by atoms with Crippen molar-refractivity contribution in [2.75, 3.05) is 18.4 Å². The maximum Gasteiger partial charge on any atom is 0.294 e. The Morgan fingerprint density at radius 3 is 2.64 bits per heavy atom. The van der Waals surface area contributed by atoms with Gasteiger partial charge in [0.05, 0.1) is 11.5 Å². The highest BCUT2D eigenvalue weighted by atomic mass is 35.5. The van der Waals surface area contributed by atoms with Crippen LogP contribution in [0.25, 0.3) is 0 Å². The molecule has 132 valence electrons. The first kappa shape index (κ1) is 18.9. The van der Waals surface area contributed by atoms with Crippen LogP contribution in [-0.4, -0.2) is 28.8 Å². The summed E-state index contributed by atoms with van der Waals surface area (Å²) in [6, 6.07) is 12.2. The molecule has 0 fully saturated rings. The number of carbonyl (C=O) groups is 1. The van der Waals surface area contributed by atoms with Crippen molar-refractivity contribution in [2.45, 2.75) is 20.4 Å². The SMILES string of the molecule is CCN(CC(=O)Nc1ccc(Cl)cc1[N+](=O)[O-])Cc1ccccc1C. The summed E-state index contributed by atoms with van der Waals surface area (Å²) in [5.41, 5.74) is 2.23. The van der Waals surface area contributed by atoms with Crippen LogP contribution in [0.15, 0.2) is 42.5 Å². The first-order valence-corrected chi connectivity index (χ1v) is 8.29. The first-order valence-electron chi connectivity index (χ1n) is 7.91. The molecule has 0 radical (unpaired) electrons. The van der Waals surface area contributed by atoms with Gasteiger partial charge in [-0.3, -0.25) is 19.8 Å². The molecule has 2 aromatic carbocycles. The van der Waals surface area contributed by atoms with Crippen LogP contribution in [0.5, 0.6) is 0 Å². The van der Waals surface area contributed by atoms with Crippen LogP contribution < -0.4 is 5.32 Å². The van der Waals surface area contributed by atoms with Gasteiger partial charge in [0.2, 0.25) is 5.91 Å². The number of hydrogen-bond donors (Lipinski definition) is 1. The zero-order chi connectivity index (χ0) is 18.4. The molecule has 2 rings (SSSR count). The molecule has 0 atom stereocenters. The highest BCUT2D eigenvalue weighted by molar-refractivity contribution is 6.31. The highest BCUT2D eigenvalue weighted by Gasteiger charge is 2.18. The third kappa shape index (κ3) is 5.27. The van der Waals surface area contributed by atoms with Crippen LogP contribution in [0.4, 0.5) is 11.4 Å². The largest absolute Gasteiger partial charge is 0.319 e. The molecule has 6 nitrogen and oxygen atoms in total. The smallest absolute Gasteiger partial charge is 0.294 e. The van der Waals surface area contributed by atoms with Crippen LogP contribution in [0, 0.1) is 17.0 Å². The first-order chi connectivity index (χ1) is 11.9. The van der Waals surface area contributed by atoms with Crippen molar-refractivity contribution in [1.82, 2.24) is 4.90 Å². The molecule has 0 aromatic heterocycles. The number of halogens is 1. The molecule has 0 bridgehead atoms. The number of nitro groups is 1. The van der Waals surface area contributed by atoms with Gasteiger partial charge in [-0.2, -0.15) is 0 Å². The van der Waals surface area contributed by atoms with Crippen molar-refractivity contribution in [3.8, 4) is 0 Å². The van der Waals surface area contributed by atoms with E-state index in [9.17, 15) is 14.9 Å². The molecular formula is C18H20ClN3O3. The maximum absolute atomic E-state index is 12.3. The predicted octanol–water partition coefficient (Wildman–Crippen LogP) is 4.02. The average Bonchev–Trinajstić information content (AvgIpc) is 2.57. The van der Waals surface area contributed by atoms with E-state index in [0.717, 1.165) is 11.1 Å². The summed E-state index contributed by atoms with van der Waals surface area (Å²) in [6.07, 6.45) is 0. The number of amides is 1. The van der Waals surface area contributed by atoms with E-state index in [2.05, 4.69) is 5.32 Å². The summed E-state index contributed by atoms with van der Waals surface area (Å²) < 4.78 is 0. The molecule has 0 saturated heterocycles. The van der Waals surface area contributed by atoms with Gasteiger partial charge in [-0.1, -0.05) is 42.8 Å². The summed E-state index contributed by atoms with van der Waals surface area (Å²) >= 11 is 5.78. The number of aryl methyl sites for hydroxylation is 1. The van der Waals surface area contributed by atoms with Crippen LogP contribution in [0.2, 0.25) is 5.02 Å². The van der Waals surface area contributed by atoms with E-state index < -0.39 is 4.92 Å². The third-order valence-corrected chi connectivity index (χ3v) is 4.14. The van der Waals surface area contributed by atoms with E-state index in [1.165, 1.54) is 18.2 Å². The van der Waals surface area contributed by atoms with E-state index in [0.29, 0.717) is 13.1 Å². The standard InChI is InChI=1S/C18H20ClN3O3/c1-3-21(11-14-7-5-4-6-13(14)2)12-18(23)20-16-9-8-15(19)10-17(16)22(24)25/h4-10H,3,11-12H2,1-2H3,(H,20,23). The molecule has 0 aliphatic heterocycles. The molecule has 1 amide bonds. The van der Waals surface area contributed by atoms with E-state index in [-0.39, 0.29) is 28.8 Å². The number of carbonyl (C=O) groups excluding carboxylic acids is 1. The lowest BCUT2D eigenvalue weighted by Crippen LogP contribution is -2.33. The number of likely N-dealkylation sites (N-methyl/N-ethyl adjacent to an activating group) is 1. The fourth-order valence-electron chi connectivity index (χ4n) is 2.46. The molecule has 25 heavy (non-hydrogen) atoms. The molecule has 0 heterocycles. The fourth-order valence-corrected chi connectivity index (χ4v) is 2.63. The van der Waals surface area contributed by atoms with Crippen LogP contribution >= 0.6 is 11.6 Å². The molecule has 0 spiro atoms. The summed E-state index contributed by atoms with van der Waals surface area (Å²) in [6.45, 7) is 5.46. The van der Waals surface area contributed by atoms with Gasteiger partial charge in [0.25, 0.3) is 5.69 Å². The van der Waals surface area contributed by atoms with Gasteiger partial charge in [0.1, 0.15) is 5.69 Å². The van der Waals surface area contributed by atoms with Crippen molar-refractivity contribution in [1.29, 1.82) is 0 Å². The second kappa shape index (κ2) is 8.60. The van der Waals surface area contributed by atoms with Crippen molar-refractivity contribution in [3.05, 3.63) is 68.7 Å². The van der Waals surface area contributed by atoms with Gasteiger partial charge < -0.3 is 5.32 Å². The molecular weight excluding hydrogens is 342 g/mol. The summed E-state index contributed by atoms with van der Waals surface area (Å²) in [5, 5.41) is 14.0. The third-order valence-electron chi connectivity index (χ3n) is 3.90. The van der Waals surface area contributed by atoms with Gasteiger partial charge >= 0.3 is 0 Å². The van der Waals surface area contributed by atoms with E-state index in [1.54, 1.807) is 0 Å². The minimum Gasteiger partial charge on any atom is -0.319 e. The molecule has 0 aliphatic carbocycles. The monoisotopic (exact) mass is 361 g/mol. The van der Waals surface area contributed by atoms with Crippen LogP contribution in [0.3, 0.4) is 0 Å². The van der Waals surface area contributed by atoms with E-state index in [1.807, 2.05) is 43.0 Å². The minimum atomic E-state index is -0.563. The summed E-state index contributed by atoms with van der Waals surface area (Å²) in [4.78, 5) is 24.8. The second-order valence-electron chi connectivity index (χ2n) is 5.70. The number of rotatable bonds is 7. The molecule has 0 aliphatic rings. The Labute approximate surface area is 151 Å².